The van der Waals surface area contributed by atoms with Crippen LogP contribution in [0.4, 0.5) is 17.2 Å². The minimum atomic E-state index is -0.280. The average Bonchev–Trinajstić information content (AvgIpc) is 3.13. The summed E-state index contributed by atoms with van der Waals surface area (Å²) in [6.07, 6.45) is 5.05. The lowest BCUT2D eigenvalue weighted by Gasteiger charge is -2.18. The van der Waals surface area contributed by atoms with Gasteiger partial charge < -0.3 is 10.6 Å². The van der Waals surface area contributed by atoms with Crippen molar-refractivity contribution in [3.63, 3.8) is 0 Å². The van der Waals surface area contributed by atoms with Crippen LogP contribution in [0, 0.1) is 0 Å². The third kappa shape index (κ3) is 5.09. The first-order valence-electron chi connectivity index (χ1n) is 10.4. The number of nitrogens with one attached hydrogen (secondary N) is 2. The smallest absolute Gasteiger partial charge is 0.257 e. The highest BCUT2D eigenvalue weighted by atomic mass is 16.2. The molecule has 0 fully saturated rings. The quantitative estimate of drug-likeness (QED) is 0.513. The Morgan fingerprint density at radius 1 is 1.06 bits per heavy atom. The van der Waals surface area contributed by atoms with Gasteiger partial charge in [0.25, 0.3) is 5.91 Å². The highest BCUT2D eigenvalue weighted by molar-refractivity contribution is 6.04. The van der Waals surface area contributed by atoms with Gasteiger partial charge in [0.1, 0.15) is 11.5 Å². The van der Waals surface area contributed by atoms with Crippen LogP contribution in [-0.4, -0.2) is 34.2 Å². The summed E-state index contributed by atoms with van der Waals surface area (Å²) in [5, 5.41) is 5.54. The summed E-state index contributed by atoms with van der Waals surface area (Å²) in [4.78, 5) is 42.0. The van der Waals surface area contributed by atoms with Crippen molar-refractivity contribution in [1.82, 2.24) is 9.38 Å². The second kappa shape index (κ2) is 9.88. The Kier molecular flexibility index (Phi) is 7.02. The van der Waals surface area contributed by atoms with Gasteiger partial charge in [0.15, 0.2) is 0 Å². The van der Waals surface area contributed by atoms with Crippen LogP contribution in [0.25, 0.3) is 5.65 Å². The summed E-state index contributed by atoms with van der Waals surface area (Å²) in [5.74, 6) is 0.268. The van der Waals surface area contributed by atoms with Crippen molar-refractivity contribution in [3.05, 3.63) is 53.9 Å². The number of unbranched alkanes of at least 4 members (excludes halogenated alkanes) is 1. The lowest BCUT2D eigenvalue weighted by Crippen LogP contribution is -2.25. The van der Waals surface area contributed by atoms with Crippen molar-refractivity contribution in [2.75, 3.05) is 22.1 Å². The van der Waals surface area contributed by atoms with E-state index >= 15 is 0 Å². The molecule has 2 heterocycles. The minimum absolute atomic E-state index is 0.157. The second-order valence-corrected chi connectivity index (χ2v) is 7.25. The molecule has 0 bridgehead atoms. The molecule has 3 aromatic rings. The number of fused-ring (bicyclic) bond motifs is 1. The van der Waals surface area contributed by atoms with E-state index in [4.69, 9.17) is 0 Å². The number of aryl methyl sites for hydroxylation is 1. The van der Waals surface area contributed by atoms with Crippen molar-refractivity contribution in [1.29, 1.82) is 0 Å². The van der Waals surface area contributed by atoms with Gasteiger partial charge in [-0.3, -0.25) is 23.7 Å². The van der Waals surface area contributed by atoms with Gasteiger partial charge in [0, 0.05) is 31.0 Å². The Balaban J connectivity index is 1.88. The molecule has 0 aliphatic carbocycles. The van der Waals surface area contributed by atoms with E-state index in [1.54, 1.807) is 51.9 Å². The number of hydrogen-bond donors (Lipinski definition) is 2. The number of amides is 3. The molecule has 162 valence electrons. The first-order valence-corrected chi connectivity index (χ1v) is 10.4. The number of anilines is 3. The van der Waals surface area contributed by atoms with E-state index in [1.807, 2.05) is 6.92 Å². The Bertz CT molecular complexity index is 1090. The largest absolute Gasteiger partial charge is 0.326 e. The molecule has 1 aromatic carbocycles. The van der Waals surface area contributed by atoms with Gasteiger partial charge in [-0.15, -0.1) is 0 Å². The third-order valence-corrected chi connectivity index (χ3v) is 4.87. The van der Waals surface area contributed by atoms with Crippen LogP contribution in [0.1, 0.15) is 49.7 Å². The van der Waals surface area contributed by atoms with Crippen LogP contribution in [0.5, 0.6) is 0 Å². The van der Waals surface area contributed by atoms with E-state index in [0.717, 1.165) is 24.9 Å². The molecule has 0 saturated heterocycles. The summed E-state index contributed by atoms with van der Waals surface area (Å²) in [6, 6.07) is 10.4. The Labute approximate surface area is 181 Å². The van der Waals surface area contributed by atoms with Crippen molar-refractivity contribution >= 4 is 41.1 Å². The van der Waals surface area contributed by atoms with E-state index in [2.05, 4.69) is 22.5 Å². The zero-order valence-corrected chi connectivity index (χ0v) is 18.0. The van der Waals surface area contributed by atoms with Crippen molar-refractivity contribution in [2.45, 2.75) is 40.0 Å². The van der Waals surface area contributed by atoms with Crippen LogP contribution >= 0.6 is 0 Å². The van der Waals surface area contributed by atoms with Gasteiger partial charge in [0.2, 0.25) is 12.3 Å². The first-order chi connectivity index (χ1) is 15.0. The van der Waals surface area contributed by atoms with Crippen molar-refractivity contribution in [3.8, 4) is 0 Å². The van der Waals surface area contributed by atoms with Gasteiger partial charge in [-0.1, -0.05) is 20.3 Å². The Hall–Kier alpha value is -3.68. The van der Waals surface area contributed by atoms with Gasteiger partial charge >= 0.3 is 0 Å². The lowest BCUT2D eigenvalue weighted by molar-refractivity contribution is -0.114. The lowest BCUT2D eigenvalue weighted by atomic mass is 10.2. The number of rotatable bonds is 9. The second-order valence-electron chi connectivity index (χ2n) is 7.25. The molecule has 8 nitrogen and oxygen atoms in total. The topological polar surface area (TPSA) is 95.8 Å². The van der Waals surface area contributed by atoms with E-state index < -0.39 is 0 Å². The average molecular weight is 422 g/mol. The van der Waals surface area contributed by atoms with Crippen LogP contribution < -0.4 is 15.5 Å². The van der Waals surface area contributed by atoms with E-state index in [1.165, 1.54) is 6.92 Å². The van der Waals surface area contributed by atoms with E-state index in [0.29, 0.717) is 41.4 Å². The molecule has 0 unspecified atom stereocenters. The summed E-state index contributed by atoms with van der Waals surface area (Å²) >= 11 is 0. The van der Waals surface area contributed by atoms with E-state index in [-0.39, 0.29) is 11.8 Å². The predicted octanol–water partition coefficient (Wildman–Crippen LogP) is 3.87. The molecule has 0 radical (unpaired) electrons. The Morgan fingerprint density at radius 2 is 1.74 bits per heavy atom. The molecule has 0 atom stereocenters. The number of hydrogen-bond acceptors (Lipinski definition) is 4. The summed E-state index contributed by atoms with van der Waals surface area (Å²) in [6.45, 7) is 6.10. The molecular weight excluding hydrogens is 394 g/mol. The molecule has 2 N–H and O–H groups in total. The van der Waals surface area contributed by atoms with Gasteiger partial charge in [0.05, 0.1) is 11.3 Å². The number of imidazole rings is 1. The molecule has 0 saturated carbocycles. The maximum atomic E-state index is 12.8. The SMILES string of the molecule is CCCCN(C=O)c1c(CC)nc2ccc(C(=O)Nc3ccc(NC(C)=O)cc3)cn12. The molecule has 0 spiro atoms. The fourth-order valence-corrected chi connectivity index (χ4v) is 3.34. The fourth-order valence-electron chi connectivity index (χ4n) is 3.34. The zero-order valence-electron chi connectivity index (χ0n) is 18.0. The zero-order chi connectivity index (χ0) is 22.4. The number of pyridine rings is 1. The van der Waals surface area contributed by atoms with Crippen LogP contribution in [0.2, 0.25) is 0 Å². The van der Waals surface area contributed by atoms with Gasteiger partial charge in [-0.05, 0) is 49.2 Å². The highest BCUT2D eigenvalue weighted by Crippen LogP contribution is 2.24. The summed E-state index contributed by atoms with van der Waals surface area (Å²) in [7, 11) is 0. The molecule has 31 heavy (non-hydrogen) atoms. The van der Waals surface area contributed by atoms with Gasteiger partial charge in [-0.25, -0.2) is 4.98 Å². The normalized spacial score (nSPS) is 10.7. The number of nitrogens with zero attached hydrogens (tertiary/aromatic N) is 3. The third-order valence-electron chi connectivity index (χ3n) is 4.87. The van der Waals surface area contributed by atoms with Crippen molar-refractivity contribution < 1.29 is 14.4 Å². The van der Waals surface area contributed by atoms with Crippen LogP contribution in [0.3, 0.4) is 0 Å². The number of benzene rings is 1. The van der Waals surface area contributed by atoms with Gasteiger partial charge in [-0.2, -0.15) is 0 Å². The fraction of sp³-hybridized carbons (Fsp3) is 0.304. The number of carbonyl (C=O) groups is 3. The maximum absolute atomic E-state index is 12.8. The van der Waals surface area contributed by atoms with Crippen molar-refractivity contribution in [2.24, 2.45) is 0 Å². The molecule has 2 aromatic heterocycles. The molecule has 0 aliphatic heterocycles. The van der Waals surface area contributed by atoms with Crippen LogP contribution in [-0.2, 0) is 16.0 Å². The highest BCUT2D eigenvalue weighted by Gasteiger charge is 2.18. The molecule has 3 amide bonds. The molecular formula is C23H27N5O3. The predicted molar refractivity (Wildman–Crippen MR) is 122 cm³/mol. The monoisotopic (exact) mass is 421 g/mol. The summed E-state index contributed by atoms with van der Waals surface area (Å²) in [5.41, 5.74) is 3.21. The Morgan fingerprint density at radius 3 is 2.32 bits per heavy atom. The maximum Gasteiger partial charge on any atom is 0.257 e. The minimum Gasteiger partial charge on any atom is -0.326 e. The number of carbonyl (C=O) groups excluding carboxylic acids is 3. The standard InChI is InChI=1S/C23H27N5O3/c1-4-6-13-27(15-29)23-20(5-2)26-21-12-7-17(14-28(21)23)22(31)25-19-10-8-18(9-11-19)24-16(3)30/h7-12,14-15H,4-6,13H2,1-3H3,(H,24,30)(H,25,31). The first kappa shape index (κ1) is 22.0. The summed E-state index contributed by atoms with van der Waals surface area (Å²) < 4.78 is 1.80. The molecule has 0 aliphatic rings. The molecule has 3 rings (SSSR count). The molecule has 8 heteroatoms. The van der Waals surface area contributed by atoms with E-state index in [9.17, 15) is 14.4 Å². The van der Waals surface area contributed by atoms with Crippen LogP contribution in [0.15, 0.2) is 42.6 Å². The number of aromatic nitrogens is 2.